The van der Waals surface area contributed by atoms with Crippen molar-refractivity contribution in [1.82, 2.24) is 25.3 Å². The van der Waals surface area contributed by atoms with Crippen molar-refractivity contribution in [2.24, 2.45) is 11.3 Å². The molecule has 1 aromatic carbocycles. The fourth-order valence-corrected chi connectivity index (χ4v) is 7.43. The fraction of sp³-hybridized carbons (Fsp3) is 0.676. The summed E-state index contributed by atoms with van der Waals surface area (Å²) in [6.45, 7) is 8.52. The molecule has 46 heavy (non-hydrogen) atoms. The van der Waals surface area contributed by atoms with Crippen LogP contribution in [0, 0.1) is 11.3 Å². The summed E-state index contributed by atoms with van der Waals surface area (Å²) in [7, 11) is 0. The van der Waals surface area contributed by atoms with Gasteiger partial charge in [-0.3, -0.25) is 29.0 Å². The molecule has 12 heteroatoms. The van der Waals surface area contributed by atoms with Crippen LogP contribution in [0.3, 0.4) is 0 Å². The number of piperazine rings is 1. The third kappa shape index (κ3) is 7.65. The maximum Gasteiger partial charge on any atom is 0.407 e. The number of para-hydroxylation sites is 1. The van der Waals surface area contributed by atoms with Gasteiger partial charge in [-0.25, -0.2) is 4.79 Å². The number of carboxylic acid groups (broad SMARTS) is 1. The zero-order chi connectivity index (χ0) is 33.2. The van der Waals surface area contributed by atoms with Crippen molar-refractivity contribution in [3.05, 3.63) is 29.8 Å². The van der Waals surface area contributed by atoms with Crippen LogP contribution in [-0.2, 0) is 19.2 Å². The van der Waals surface area contributed by atoms with Gasteiger partial charge in [0.2, 0.25) is 17.7 Å². The van der Waals surface area contributed by atoms with Crippen molar-refractivity contribution in [2.75, 3.05) is 32.8 Å². The second-order valence-corrected chi connectivity index (χ2v) is 14.6. The molecular weight excluding hydrogens is 590 g/mol. The van der Waals surface area contributed by atoms with E-state index in [1.165, 1.54) is 0 Å². The summed E-state index contributed by atoms with van der Waals surface area (Å²) < 4.78 is 5.78. The zero-order valence-corrected chi connectivity index (χ0v) is 27.5. The fourth-order valence-electron chi connectivity index (χ4n) is 7.43. The predicted molar refractivity (Wildman–Crippen MR) is 170 cm³/mol. The molecule has 1 aliphatic carbocycles. The quantitative estimate of drug-likeness (QED) is 0.393. The Bertz CT molecular complexity index is 1320. The van der Waals surface area contributed by atoms with Gasteiger partial charge in [-0.1, -0.05) is 58.2 Å². The van der Waals surface area contributed by atoms with Crippen molar-refractivity contribution >= 4 is 29.6 Å². The Morgan fingerprint density at radius 3 is 2.48 bits per heavy atom. The number of rotatable bonds is 8. The number of nitrogens with one attached hydrogen (secondary N) is 2. The van der Waals surface area contributed by atoms with E-state index < -0.39 is 30.1 Å². The number of fused-ring (bicyclic) bond motifs is 2. The van der Waals surface area contributed by atoms with E-state index in [9.17, 15) is 29.1 Å². The molecule has 3 N–H and O–H groups in total. The van der Waals surface area contributed by atoms with Gasteiger partial charge >= 0.3 is 6.09 Å². The lowest BCUT2D eigenvalue weighted by atomic mass is 9.82. The van der Waals surface area contributed by atoms with Gasteiger partial charge in [0.1, 0.15) is 29.7 Å². The molecule has 0 bridgehead atoms. The molecule has 3 heterocycles. The van der Waals surface area contributed by atoms with Crippen molar-refractivity contribution in [1.29, 1.82) is 0 Å². The molecule has 2 saturated heterocycles. The Morgan fingerprint density at radius 1 is 1.07 bits per heavy atom. The number of ether oxygens (including phenoxy) is 1. The normalized spacial score (nSPS) is 25.0. The van der Waals surface area contributed by atoms with Gasteiger partial charge in [-0.05, 0) is 37.2 Å². The molecule has 4 amide bonds. The van der Waals surface area contributed by atoms with Crippen molar-refractivity contribution in [2.45, 2.75) is 103 Å². The Hall–Kier alpha value is -3.67. The van der Waals surface area contributed by atoms with Crippen LogP contribution in [0.4, 0.5) is 4.79 Å². The minimum absolute atomic E-state index is 0.0791. The van der Waals surface area contributed by atoms with Crippen molar-refractivity contribution in [3.63, 3.8) is 0 Å². The van der Waals surface area contributed by atoms with Gasteiger partial charge in [-0.2, -0.15) is 0 Å². The highest BCUT2D eigenvalue weighted by atomic mass is 16.5. The van der Waals surface area contributed by atoms with Crippen molar-refractivity contribution < 1.29 is 33.8 Å². The van der Waals surface area contributed by atoms with Gasteiger partial charge in [0.25, 0.3) is 0 Å². The first kappa shape index (κ1) is 33.7. The standard InChI is InChI=1S/C34H49N5O7/c1-21(39(33(44)45)20-34(2,3)4)30(41)36-29(22-10-6-5-7-11-22)32(43)38-17-23-16-24(40)18-37(23)19-27(38)31(42)35-26-14-15-46-28-13-9-8-12-25(26)28/h8-9,12-13,21-23,26-27,29H,5-7,10-11,14-20H2,1-4H3,(H,35,42)(H,36,41)(H,44,45)/t21-,23+,26+,27-,29-/m0/s1. The largest absolute Gasteiger partial charge is 0.493 e. The number of carbonyl (C=O) groups is 5. The van der Waals surface area contributed by atoms with Gasteiger partial charge in [0, 0.05) is 44.1 Å². The summed E-state index contributed by atoms with van der Waals surface area (Å²) in [5.41, 5.74) is 0.500. The minimum Gasteiger partial charge on any atom is -0.493 e. The molecule has 1 saturated carbocycles. The maximum absolute atomic E-state index is 14.6. The molecule has 12 nitrogen and oxygen atoms in total. The van der Waals surface area contributed by atoms with E-state index in [-0.39, 0.29) is 67.2 Å². The first-order valence-corrected chi connectivity index (χ1v) is 16.7. The Balaban J connectivity index is 1.40. The van der Waals surface area contributed by atoms with Crippen LogP contribution in [0.25, 0.3) is 0 Å². The summed E-state index contributed by atoms with van der Waals surface area (Å²) >= 11 is 0. The summed E-state index contributed by atoms with van der Waals surface area (Å²) in [5.74, 6) is -0.543. The van der Waals surface area contributed by atoms with Crippen LogP contribution < -0.4 is 15.4 Å². The molecule has 252 valence electrons. The van der Waals surface area contributed by atoms with Gasteiger partial charge in [-0.15, -0.1) is 0 Å². The van der Waals surface area contributed by atoms with Crippen LogP contribution >= 0.6 is 0 Å². The second-order valence-electron chi connectivity index (χ2n) is 14.6. The number of nitrogens with zero attached hydrogens (tertiary/aromatic N) is 3. The number of Topliss-reactive ketones (excluding diaryl/α,β-unsaturated/α-hetero) is 1. The second kappa shape index (κ2) is 14.0. The van der Waals surface area contributed by atoms with Crippen molar-refractivity contribution in [3.8, 4) is 5.75 Å². The molecule has 5 atom stereocenters. The number of carbonyl (C=O) groups excluding carboxylic acids is 4. The van der Waals surface area contributed by atoms with Crippen LogP contribution in [-0.4, -0.2) is 106 Å². The number of ketones is 1. The molecule has 0 spiro atoms. The van der Waals surface area contributed by atoms with Crippen LogP contribution in [0.15, 0.2) is 24.3 Å². The Morgan fingerprint density at radius 2 is 1.78 bits per heavy atom. The smallest absolute Gasteiger partial charge is 0.407 e. The number of benzene rings is 1. The summed E-state index contributed by atoms with van der Waals surface area (Å²) in [6.07, 6.45) is 4.06. The summed E-state index contributed by atoms with van der Waals surface area (Å²) in [5, 5.41) is 16.1. The van der Waals surface area contributed by atoms with E-state index in [1.54, 1.807) is 11.8 Å². The van der Waals surface area contributed by atoms with E-state index in [1.807, 2.05) is 49.9 Å². The molecule has 5 rings (SSSR count). The molecular formula is C34H49N5O7. The van der Waals surface area contributed by atoms with Crippen LogP contribution in [0.1, 0.15) is 84.2 Å². The van der Waals surface area contributed by atoms with E-state index >= 15 is 0 Å². The number of hydrogen-bond donors (Lipinski definition) is 3. The van der Waals surface area contributed by atoms with Gasteiger partial charge < -0.3 is 25.4 Å². The first-order chi connectivity index (χ1) is 21.8. The Kier molecular flexibility index (Phi) is 10.2. The highest BCUT2D eigenvalue weighted by Crippen LogP contribution is 2.33. The third-order valence-electron chi connectivity index (χ3n) is 9.83. The SMILES string of the molecule is C[C@@H](C(=O)N[C@H](C(=O)N1C[C@H]2CC(=O)CN2C[C@H]1C(=O)N[C@@H]1CCOc2ccccc21)C1CCCCC1)N(CC(C)(C)C)C(=O)O. The van der Waals surface area contributed by atoms with Gasteiger partial charge in [0.15, 0.2) is 0 Å². The van der Waals surface area contributed by atoms with E-state index in [0.717, 1.165) is 48.3 Å². The first-order valence-electron chi connectivity index (χ1n) is 16.7. The lowest BCUT2D eigenvalue weighted by Crippen LogP contribution is -2.66. The molecule has 4 aliphatic rings. The monoisotopic (exact) mass is 639 g/mol. The summed E-state index contributed by atoms with van der Waals surface area (Å²) in [4.78, 5) is 71.7. The number of hydrogen-bond acceptors (Lipinski definition) is 7. The lowest BCUT2D eigenvalue weighted by Gasteiger charge is -2.45. The third-order valence-corrected chi connectivity index (χ3v) is 9.83. The average Bonchev–Trinajstić information content (AvgIpc) is 3.40. The zero-order valence-electron chi connectivity index (χ0n) is 27.5. The molecule has 0 aromatic heterocycles. The minimum atomic E-state index is -1.20. The maximum atomic E-state index is 14.6. The molecule has 1 aromatic rings. The number of amides is 4. The molecule has 3 aliphatic heterocycles. The summed E-state index contributed by atoms with van der Waals surface area (Å²) in [6, 6.07) is 4.30. The van der Waals surface area contributed by atoms with E-state index in [4.69, 9.17) is 4.74 Å². The Labute approximate surface area is 271 Å². The molecule has 0 unspecified atom stereocenters. The topological polar surface area (TPSA) is 149 Å². The van der Waals surface area contributed by atoms with Gasteiger partial charge in [0.05, 0.1) is 19.2 Å². The highest BCUT2D eigenvalue weighted by Gasteiger charge is 2.47. The van der Waals surface area contributed by atoms with Crippen LogP contribution in [0.2, 0.25) is 0 Å². The molecule has 0 radical (unpaired) electrons. The predicted octanol–water partition coefficient (Wildman–Crippen LogP) is 2.96. The van der Waals surface area contributed by atoms with E-state index in [2.05, 4.69) is 10.6 Å². The highest BCUT2D eigenvalue weighted by molar-refractivity contribution is 5.95. The lowest BCUT2D eigenvalue weighted by molar-refractivity contribution is -0.150. The average molecular weight is 640 g/mol. The van der Waals surface area contributed by atoms with Crippen LogP contribution in [0.5, 0.6) is 5.75 Å². The molecule has 3 fully saturated rings. The van der Waals surface area contributed by atoms with E-state index in [0.29, 0.717) is 19.4 Å².